The van der Waals surface area contributed by atoms with Crippen molar-refractivity contribution in [2.24, 2.45) is 46.0 Å². The fraction of sp³-hybridized carbons (Fsp3) is 0.400. The molecule has 0 radical (unpaired) electrons. The van der Waals surface area contributed by atoms with E-state index in [1.54, 1.807) is 12.1 Å². The van der Waals surface area contributed by atoms with Gasteiger partial charge in [-0.2, -0.15) is 0 Å². The Morgan fingerprint density at radius 3 is 2.37 bits per heavy atom. The van der Waals surface area contributed by atoms with Crippen molar-refractivity contribution in [2.45, 2.75) is 149 Å². The molecule has 0 spiro atoms. The third-order valence-corrected chi connectivity index (χ3v) is 22.2. The molecular weight excluding hydrogens is 1140 g/mol. The third kappa shape index (κ3) is 13.2. The van der Waals surface area contributed by atoms with Crippen LogP contribution in [0.3, 0.4) is 0 Å². The van der Waals surface area contributed by atoms with Crippen molar-refractivity contribution in [3.8, 4) is 23.3 Å². The second-order valence-corrected chi connectivity index (χ2v) is 28.1. The van der Waals surface area contributed by atoms with Crippen molar-refractivity contribution in [3.05, 3.63) is 225 Å². The van der Waals surface area contributed by atoms with Crippen molar-refractivity contribution in [1.82, 2.24) is 0 Å². The Morgan fingerprint density at radius 2 is 1.60 bits per heavy atom. The van der Waals surface area contributed by atoms with Crippen LogP contribution in [0, 0.1) is 41.4 Å². The number of rotatable bonds is 12. The first kappa shape index (κ1) is 62.9. The number of allylic oxidation sites excluding steroid dienone is 1. The molecule has 10 bridgehead atoms. The molecule has 1 saturated heterocycles. The molecular formula is C75H80N3NaO9S. The summed E-state index contributed by atoms with van der Waals surface area (Å²) >= 11 is 0. The van der Waals surface area contributed by atoms with Gasteiger partial charge >= 0.3 is 29.6 Å². The number of hydrogen-bond acceptors (Lipinski definition) is 10. The minimum absolute atomic E-state index is 0. The number of ether oxygens (including phenoxy) is 2. The topological polar surface area (TPSA) is 221 Å². The van der Waals surface area contributed by atoms with Crippen LogP contribution < -0.4 is 45.8 Å². The van der Waals surface area contributed by atoms with Crippen molar-refractivity contribution in [2.75, 3.05) is 6.61 Å². The van der Waals surface area contributed by atoms with Gasteiger partial charge in [-0.05, 0) is 198 Å². The van der Waals surface area contributed by atoms with E-state index in [0.29, 0.717) is 74.7 Å². The van der Waals surface area contributed by atoms with Crippen LogP contribution in [0.1, 0.15) is 163 Å². The number of aryl methyl sites for hydroxylation is 1. The van der Waals surface area contributed by atoms with Crippen LogP contribution in [0.4, 0.5) is 0 Å². The quantitative estimate of drug-likeness (QED) is 0.0169. The first-order valence-corrected chi connectivity index (χ1v) is 33.2. The molecule has 12 nitrogen and oxygen atoms in total. The number of benzene rings is 7. The van der Waals surface area contributed by atoms with E-state index in [9.17, 15) is 33.4 Å². The van der Waals surface area contributed by atoms with Gasteiger partial charge in [0.05, 0.1) is 33.2 Å². The summed E-state index contributed by atoms with van der Waals surface area (Å²) in [6.45, 7) is 2.06. The molecule has 2 fully saturated rings. The molecule has 0 aromatic heterocycles. The Labute approximate surface area is 545 Å². The Hall–Kier alpha value is -6.28. The summed E-state index contributed by atoms with van der Waals surface area (Å²) in [5.41, 5.74) is 20.2. The maximum Gasteiger partial charge on any atom is 1.00 e. The normalized spacial score (nSPS) is 28.7. The average molecular weight is 1220 g/mol. The van der Waals surface area contributed by atoms with Gasteiger partial charge in [0.1, 0.15) is 17.6 Å². The largest absolute Gasteiger partial charge is 1.00 e. The standard InChI is InChI=1S/C75H81N3O9S.Na/c1-46-19-20-55-38-62-30-32-65(55)67(46)42-70(88(83,84)85)68-40-58-36-57(39-63-35-48(45-79)12-7-15-53-37-61(80)29-31-66(53)72(58)86-63)71(68)52-25-27-59(28-26-52)75(87-62,78-73(76)77)44-60(34-47-10-3-2-4-11-47)74(82)33-9-17-56(43-74)49-21-23-51(24-22-49)69(81)41-54-16-8-14-50-13-5-6-18-64(50)54;/h2-6,8,10-11,13-14,16,18,21-32,37-38,40,46,48,56-57,60,63,67-72,79-82H,9,12,17,19-20,33-36,39,41-45H2,1H3,(H4,76,77,78)(H,83,84,85);/q;+1/p-1/t46-,48+,56+,57-,60+,63-,67+,68-,69+,70-,71+,72-,74-,75+;/m1./s1. The summed E-state index contributed by atoms with van der Waals surface area (Å²) in [6.07, 6.45) is 7.74. The Bertz CT molecular complexity index is 3930. The van der Waals surface area contributed by atoms with E-state index in [1.807, 2.05) is 103 Å². The van der Waals surface area contributed by atoms with Gasteiger partial charge in [0.15, 0.2) is 5.96 Å². The summed E-state index contributed by atoms with van der Waals surface area (Å²) in [4.78, 5) is 5.18. The Balaban J connectivity index is 0.00000769. The molecule has 7 aromatic rings. The minimum Gasteiger partial charge on any atom is -0.748 e. The van der Waals surface area contributed by atoms with E-state index in [-0.39, 0.29) is 96.4 Å². The van der Waals surface area contributed by atoms with Crippen molar-refractivity contribution in [1.29, 1.82) is 0 Å². The van der Waals surface area contributed by atoms with Gasteiger partial charge in [0.25, 0.3) is 0 Å². The molecule has 1 saturated carbocycles. The summed E-state index contributed by atoms with van der Waals surface area (Å²) in [5.74, 6) is 4.64. The predicted molar refractivity (Wildman–Crippen MR) is 342 cm³/mol. The number of aliphatic hydroxyl groups is 3. The summed E-state index contributed by atoms with van der Waals surface area (Å²) < 4.78 is 57.9. The fourth-order valence-corrected chi connectivity index (χ4v) is 17.7. The van der Waals surface area contributed by atoms with E-state index in [4.69, 9.17) is 25.9 Å². The zero-order valence-electron chi connectivity index (χ0n) is 51.0. The number of phenolic OH excluding ortho intramolecular Hbond substituents is 1. The minimum atomic E-state index is -4.97. The molecule has 5 heterocycles. The van der Waals surface area contributed by atoms with Gasteiger partial charge in [-0.15, -0.1) is 0 Å². The van der Waals surface area contributed by atoms with Crippen molar-refractivity contribution >= 4 is 26.9 Å². The van der Waals surface area contributed by atoms with Gasteiger partial charge in [-0.1, -0.05) is 158 Å². The van der Waals surface area contributed by atoms with Crippen LogP contribution in [0.15, 0.2) is 174 Å². The van der Waals surface area contributed by atoms with E-state index >= 15 is 0 Å². The van der Waals surface area contributed by atoms with E-state index in [2.05, 4.69) is 67.3 Å². The second-order valence-electron chi connectivity index (χ2n) is 26.6. The maximum atomic E-state index is 14.4. The van der Waals surface area contributed by atoms with Crippen LogP contribution in [-0.4, -0.2) is 62.9 Å². The molecule has 5 aliphatic heterocycles. The molecule has 14 atom stereocenters. The van der Waals surface area contributed by atoms with Crippen molar-refractivity contribution < 1.29 is 72.4 Å². The number of hydrogen-bond donors (Lipinski definition) is 6. The number of guanidine groups is 1. The van der Waals surface area contributed by atoms with Gasteiger partial charge in [-0.3, -0.25) is 0 Å². The monoisotopic (exact) mass is 1220 g/mol. The smallest absolute Gasteiger partial charge is 0.748 e. The van der Waals surface area contributed by atoms with Crippen LogP contribution >= 0.6 is 0 Å². The molecule has 15 rings (SSSR count). The average Bonchev–Trinajstić information content (AvgIpc) is 3.10. The molecule has 0 amide bonds. The molecule has 7 aromatic carbocycles. The summed E-state index contributed by atoms with van der Waals surface area (Å²) in [5, 5.41) is 47.8. The summed E-state index contributed by atoms with van der Waals surface area (Å²) in [7, 11) is -4.97. The molecule has 8 N–H and O–H groups in total. The number of aliphatic imine (C=N–C) groups is 1. The predicted octanol–water partition coefficient (Wildman–Crippen LogP) is 9.58. The second kappa shape index (κ2) is 26.1. The van der Waals surface area contributed by atoms with Crippen LogP contribution in [-0.2, 0) is 39.8 Å². The van der Waals surface area contributed by atoms with Crippen LogP contribution in [0.2, 0.25) is 0 Å². The summed E-state index contributed by atoms with van der Waals surface area (Å²) in [6, 6.07) is 52.1. The van der Waals surface area contributed by atoms with Crippen molar-refractivity contribution in [3.63, 3.8) is 0 Å². The zero-order valence-corrected chi connectivity index (χ0v) is 53.8. The van der Waals surface area contributed by atoms with Gasteiger partial charge in [-0.25, -0.2) is 13.4 Å². The van der Waals surface area contributed by atoms with Gasteiger partial charge < -0.3 is 45.9 Å². The SMILES string of the molecule is C[C@@H]1CCc2cc3ccc2[C@H]1C[C@@H](S(=O)(=O)[O-])[C@H]1C=C2C[C@H](C[C@H]4C[C@@H](CO)CC#Cc5cc(O)ccc5[C@@H]2O4)[C@@H]1c1ccc(cc1)[C@@](C[C@H](Cc1ccccc1)[C@@]1(O)CCC[C@H](c2ccc([C@@H](O)Cc4cccc5ccccc45)cc2)C1)(N=C(N)N)O3.[Na+]. The van der Waals surface area contributed by atoms with E-state index < -0.39 is 56.7 Å². The molecule has 456 valence electrons. The van der Waals surface area contributed by atoms with Crippen LogP contribution in [0.5, 0.6) is 11.5 Å². The number of aliphatic hydroxyl groups excluding tert-OH is 2. The Morgan fingerprint density at radius 1 is 0.843 bits per heavy atom. The molecule has 3 aliphatic carbocycles. The van der Waals surface area contributed by atoms with Gasteiger partial charge in [0.2, 0.25) is 5.72 Å². The number of aromatic hydroxyl groups is 1. The Kier molecular flexibility index (Phi) is 18.5. The number of phenols is 1. The molecule has 8 aliphatic rings. The molecule has 14 heteroatoms. The molecule has 89 heavy (non-hydrogen) atoms. The van der Waals surface area contributed by atoms with Crippen LogP contribution in [0.25, 0.3) is 10.8 Å². The number of nitrogens with zero attached hydrogens (tertiary/aromatic N) is 1. The number of fused-ring (bicyclic) bond motifs is 10. The fourth-order valence-electron chi connectivity index (χ4n) is 16.6. The zero-order chi connectivity index (χ0) is 60.9. The molecule has 0 unspecified atom stereocenters. The van der Waals surface area contributed by atoms with Gasteiger partial charge in [0, 0.05) is 42.6 Å². The van der Waals surface area contributed by atoms with E-state index in [0.717, 1.165) is 80.1 Å². The first-order chi connectivity index (χ1) is 42.5. The first-order valence-electron chi connectivity index (χ1n) is 31.8. The third-order valence-electron chi connectivity index (χ3n) is 21.0. The maximum absolute atomic E-state index is 14.4. The number of nitrogens with two attached hydrogens (primary N) is 2. The van der Waals surface area contributed by atoms with E-state index in [1.165, 1.54) is 0 Å².